The maximum atomic E-state index is 5.52. The molecule has 0 radical (unpaired) electrons. The van der Waals surface area contributed by atoms with Gasteiger partial charge in [0, 0.05) is 6.42 Å². The van der Waals surface area contributed by atoms with Crippen molar-refractivity contribution in [3.8, 4) is 0 Å². The molecule has 0 aliphatic heterocycles. The van der Waals surface area contributed by atoms with E-state index in [4.69, 9.17) is 10.2 Å². The first kappa shape index (κ1) is 7.87. The minimum absolute atomic E-state index is 0.758. The summed E-state index contributed by atoms with van der Waals surface area (Å²) in [5.41, 5.74) is 6.93. The van der Waals surface area contributed by atoms with E-state index in [9.17, 15) is 0 Å². The Bertz CT molecular complexity index is 254. The quantitative estimate of drug-likeness (QED) is 0.725. The van der Waals surface area contributed by atoms with Crippen LogP contribution in [0.1, 0.15) is 24.2 Å². The second-order valence-electron chi connectivity index (χ2n) is 3.56. The van der Waals surface area contributed by atoms with Crippen molar-refractivity contribution < 1.29 is 4.42 Å². The fourth-order valence-electron chi connectivity index (χ4n) is 1.97. The molecule has 0 amide bonds. The maximum Gasteiger partial charge on any atom is 0.107 e. The zero-order chi connectivity index (χ0) is 8.39. The van der Waals surface area contributed by atoms with Gasteiger partial charge in [-0.05, 0) is 43.4 Å². The van der Waals surface area contributed by atoms with E-state index in [1.165, 1.54) is 24.2 Å². The Morgan fingerprint density at radius 1 is 1.58 bits per heavy atom. The molecule has 0 bridgehead atoms. The van der Waals surface area contributed by atoms with Crippen LogP contribution < -0.4 is 5.73 Å². The molecule has 1 aromatic heterocycles. The van der Waals surface area contributed by atoms with Gasteiger partial charge in [-0.1, -0.05) is 0 Å². The normalized spacial score (nSPS) is 22.2. The van der Waals surface area contributed by atoms with Crippen molar-refractivity contribution in [2.24, 2.45) is 11.7 Å². The van der Waals surface area contributed by atoms with Crippen LogP contribution >= 0.6 is 0 Å². The number of nitrogens with two attached hydrogens (primary N) is 1. The topological polar surface area (TPSA) is 39.2 Å². The first-order valence-electron chi connectivity index (χ1n) is 4.65. The fraction of sp³-hybridized carbons (Fsp3) is 0.600. The Morgan fingerprint density at radius 2 is 2.50 bits per heavy atom. The predicted octanol–water partition coefficient (Wildman–Crippen LogP) is 1.73. The van der Waals surface area contributed by atoms with Gasteiger partial charge >= 0.3 is 0 Å². The van der Waals surface area contributed by atoms with E-state index in [1.54, 1.807) is 6.26 Å². The van der Waals surface area contributed by atoms with Crippen molar-refractivity contribution in [2.45, 2.75) is 25.7 Å². The lowest BCUT2D eigenvalue weighted by Gasteiger charge is -2.19. The molecule has 2 heteroatoms. The van der Waals surface area contributed by atoms with Gasteiger partial charge in [-0.2, -0.15) is 0 Å². The molecule has 66 valence electrons. The average Bonchev–Trinajstić information content (AvgIpc) is 2.51. The summed E-state index contributed by atoms with van der Waals surface area (Å²) in [5.74, 6) is 1.95. The summed E-state index contributed by atoms with van der Waals surface area (Å²) in [4.78, 5) is 0. The highest BCUT2D eigenvalue weighted by molar-refractivity contribution is 5.20. The molecule has 0 saturated carbocycles. The van der Waals surface area contributed by atoms with Gasteiger partial charge in [0.1, 0.15) is 5.76 Å². The molecule has 0 aromatic carbocycles. The summed E-state index contributed by atoms with van der Waals surface area (Å²) in [6, 6.07) is 2.09. The van der Waals surface area contributed by atoms with E-state index in [0.717, 1.165) is 25.3 Å². The Hall–Kier alpha value is -0.760. The molecule has 1 heterocycles. The number of furan rings is 1. The zero-order valence-corrected chi connectivity index (χ0v) is 7.25. The smallest absolute Gasteiger partial charge is 0.107 e. The molecule has 1 aliphatic rings. The van der Waals surface area contributed by atoms with E-state index in [0.29, 0.717) is 0 Å². The molecular formula is C10H15NO. The fourth-order valence-corrected chi connectivity index (χ4v) is 1.97. The summed E-state index contributed by atoms with van der Waals surface area (Å²) in [6.45, 7) is 0.806. The largest absolute Gasteiger partial charge is 0.469 e. The van der Waals surface area contributed by atoms with Crippen molar-refractivity contribution in [3.05, 3.63) is 23.7 Å². The number of fused-ring (bicyclic) bond motifs is 1. The van der Waals surface area contributed by atoms with E-state index >= 15 is 0 Å². The molecule has 2 nitrogen and oxygen atoms in total. The minimum atomic E-state index is 0.758. The van der Waals surface area contributed by atoms with Gasteiger partial charge in [0.25, 0.3) is 0 Å². The average molecular weight is 165 g/mol. The van der Waals surface area contributed by atoms with Crippen LogP contribution in [-0.4, -0.2) is 6.54 Å². The maximum absolute atomic E-state index is 5.52. The number of hydrogen-bond acceptors (Lipinski definition) is 2. The number of rotatable bonds is 2. The monoisotopic (exact) mass is 165 g/mol. The van der Waals surface area contributed by atoms with Crippen LogP contribution in [0.25, 0.3) is 0 Å². The molecule has 12 heavy (non-hydrogen) atoms. The minimum Gasteiger partial charge on any atom is -0.469 e. The van der Waals surface area contributed by atoms with Crippen LogP contribution in [0.2, 0.25) is 0 Å². The highest BCUT2D eigenvalue weighted by Crippen LogP contribution is 2.27. The first-order valence-corrected chi connectivity index (χ1v) is 4.65. The molecule has 0 spiro atoms. The van der Waals surface area contributed by atoms with Gasteiger partial charge in [-0.15, -0.1) is 0 Å². The summed E-state index contributed by atoms with van der Waals surface area (Å²) in [6.07, 6.45) is 6.50. The van der Waals surface area contributed by atoms with Gasteiger partial charge < -0.3 is 10.2 Å². The first-order chi connectivity index (χ1) is 5.90. The summed E-state index contributed by atoms with van der Waals surface area (Å²) >= 11 is 0. The van der Waals surface area contributed by atoms with Gasteiger partial charge in [0.15, 0.2) is 0 Å². The van der Waals surface area contributed by atoms with E-state index < -0.39 is 0 Å². The van der Waals surface area contributed by atoms with Crippen LogP contribution in [0.15, 0.2) is 16.7 Å². The molecule has 1 aromatic rings. The lowest BCUT2D eigenvalue weighted by atomic mass is 9.86. The van der Waals surface area contributed by atoms with E-state index in [-0.39, 0.29) is 0 Å². The third-order valence-electron chi connectivity index (χ3n) is 2.71. The van der Waals surface area contributed by atoms with Crippen molar-refractivity contribution >= 4 is 0 Å². The Balaban J connectivity index is 2.05. The van der Waals surface area contributed by atoms with Crippen LogP contribution in [0, 0.1) is 5.92 Å². The van der Waals surface area contributed by atoms with Crippen molar-refractivity contribution in [3.63, 3.8) is 0 Å². The lowest BCUT2D eigenvalue weighted by Crippen LogP contribution is -2.16. The van der Waals surface area contributed by atoms with Crippen LogP contribution in [-0.2, 0) is 12.8 Å². The summed E-state index contributed by atoms with van der Waals surface area (Å²) < 4.78 is 5.39. The molecule has 2 rings (SSSR count). The van der Waals surface area contributed by atoms with E-state index in [1.807, 2.05) is 0 Å². The number of aryl methyl sites for hydroxylation is 1. The van der Waals surface area contributed by atoms with Crippen molar-refractivity contribution in [1.82, 2.24) is 0 Å². The molecule has 0 saturated heterocycles. The van der Waals surface area contributed by atoms with Gasteiger partial charge in [-0.3, -0.25) is 0 Å². The second-order valence-corrected chi connectivity index (χ2v) is 3.56. The van der Waals surface area contributed by atoms with Crippen molar-refractivity contribution in [1.29, 1.82) is 0 Å². The Kier molecular flexibility index (Phi) is 2.17. The van der Waals surface area contributed by atoms with Gasteiger partial charge in [0.05, 0.1) is 6.26 Å². The van der Waals surface area contributed by atoms with Crippen molar-refractivity contribution in [2.75, 3.05) is 6.54 Å². The predicted molar refractivity (Wildman–Crippen MR) is 47.9 cm³/mol. The highest BCUT2D eigenvalue weighted by Gasteiger charge is 2.19. The molecule has 0 fully saturated rings. The van der Waals surface area contributed by atoms with Crippen LogP contribution in [0.4, 0.5) is 0 Å². The zero-order valence-electron chi connectivity index (χ0n) is 7.25. The third kappa shape index (κ3) is 1.39. The molecule has 1 aliphatic carbocycles. The number of hydrogen-bond donors (Lipinski definition) is 1. The highest BCUT2D eigenvalue weighted by atomic mass is 16.3. The lowest BCUT2D eigenvalue weighted by molar-refractivity contribution is 0.376. The molecule has 2 N–H and O–H groups in total. The third-order valence-corrected chi connectivity index (χ3v) is 2.71. The van der Waals surface area contributed by atoms with Gasteiger partial charge in [-0.25, -0.2) is 0 Å². The van der Waals surface area contributed by atoms with Crippen LogP contribution in [0.5, 0.6) is 0 Å². The molecule has 1 unspecified atom stereocenters. The molecular weight excluding hydrogens is 150 g/mol. The van der Waals surface area contributed by atoms with E-state index in [2.05, 4.69) is 6.07 Å². The SMILES string of the molecule is NCCC1CCc2ccoc2C1. The Morgan fingerprint density at radius 3 is 3.33 bits per heavy atom. The molecule has 1 atom stereocenters. The Labute approximate surface area is 72.7 Å². The van der Waals surface area contributed by atoms with Crippen LogP contribution in [0.3, 0.4) is 0 Å². The summed E-state index contributed by atoms with van der Waals surface area (Å²) in [5, 5.41) is 0. The van der Waals surface area contributed by atoms with Gasteiger partial charge in [0.2, 0.25) is 0 Å². The summed E-state index contributed by atoms with van der Waals surface area (Å²) in [7, 11) is 0. The standard InChI is InChI=1S/C10H15NO/c11-5-3-8-1-2-9-4-6-12-10(9)7-8/h4,6,8H,1-3,5,7,11H2. The second kappa shape index (κ2) is 3.31.